The Bertz CT molecular complexity index is 167. The van der Waals surface area contributed by atoms with E-state index < -0.39 is 0 Å². The van der Waals surface area contributed by atoms with Gasteiger partial charge in [-0.15, -0.1) is 0 Å². The Morgan fingerprint density at radius 2 is 2.25 bits per heavy atom. The van der Waals surface area contributed by atoms with Gasteiger partial charge in [0.05, 0.1) is 19.8 Å². The lowest BCUT2D eigenvalue weighted by atomic mass is 10.1. The molecule has 3 heteroatoms. The van der Waals surface area contributed by atoms with E-state index in [4.69, 9.17) is 9.47 Å². The van der Waals surface area contributed by atoms with E-state index in [0.717, 1.165) is 39.4 Å². The van der Waals surface area contributed by atoms with Crippen molar-refractivity contribution in [3.05, 3.63) is 0 Å². The summed E-state index contributed by atoms with van der Waals surface area (Å²) in [4.78, 5) is 0. The van der Waals surface area contributed by atoms with Crippen LogP contribution in [0.1, 0.15) is 33.6 Å². The second kappa shape index (κ2) is 8.04. The van der Waals surface area contributed by atoms with Crippen LogP contribution in [0.25, 0.3) is 0 Å². The van der Waals surface area contributed by atoms with E-state index in [0.29, 0.717) is 17.9 Å². The minimum Gasteiger partial charge on any atom is -0.381 e. The van der Waals surface area contributed by atoms with E-state index in [1.165, 1.54) is 6.42 Å². The van der Waals surface area contributed by atoms with Crippen molar-refractivity contribution < 1.29 is 9.47 Å². The third kappa shape index (κ3) is 5.28. The molecule has 2 unspecified atom stereocenters. The van der Waals surface area contributed by atoms with Crippen LogP contribution in [0.4, 0.5) is 0 Å². The van der Waals surface area contributed by atoms with Gasteiger partial charge in [-0.1, -0.05) is 20.8 Å². The summed E-state index contributed by atoms with van der Waals surface area (Å²) in [7, 11) is 0. The number of ether oxygens (including phenoxy) is 2. The van der Waals surface area contributed by atoms with Crippen molar-refractivity contribution in [3.8, 4) is 0 Å². The summed E-state index contributed by atoms with van der Waals surface area (Å²) in [6.07, 6.45) is 2.34. The molecule has 1 aliphatic rings. The summed E-state index contributed by atoms with van der Waals surface area (Å²) in [6.45, 7) is 11.3. The molecule has 0 aromatic heterocycles. The van der Waals surface area contributed by atoms with Crippen molar-refractivity contribution in [2.45, 2.75) is 39.7 Å². The highest BCUT2D eigenvalue weighted by Gasteiger charge is 2.17. The van der Waals surface area contributed by atoms with Crippen molar-refractivity contribution >= 4 is 0 Å². The molecular weight excluding hydrogens is 202 g/mol. The molecule has 0 aromatic rings. The number of hydrogen-bond acceptors (Lipinski definition) is 3. The summed E-state index contributed by atoms with van der Waals surface area (Å²) in [6, 6.07) is 0.488. The van der Waals surface area contributed by atoms with Gasteiger partial charge in [-0.05, 0) is 25.3 Å². The normalized spacial score (nSPS) is 22.9. The number of nitrogens with one attached hydrogen (secondary N) is 1. The SMILES string of the molecule is CCCNC(COCC1CCOC1)C(C)C. The third-order valence-electron chi connectivity index (χ3n) is 3.14. The molecular formula is C13H27NO2. The van der Waals surface area contributed by atoms with Crippen LogP contribution in [0, 0.1) is 11.8 Å². The first-order chi connectivity index (χ1) is 7.74. The molecule has 2 atom stereocenters. The molecule has 0 radical (unpaired) electrons. The maximum Gasteiger partial charge on any atom is 0.0622 e. The van der Waals surface area contributed by atoms with Crippen molar-refractivity contribution in [1.82, 2.24) is 5.32 Å². The fourth-order valence-electron chi connectivity index (χ4n) is 1.89. The molecule has 0 aromatic carbocycles. The van der Waals surface area contributed by atoms with E-state index in [9.17, 15) is 0 Å². The van der Waals surface area contributed by atoms with Gasteiger partial charge in [-0.3, -0.25) is 0 Å². The molecule has 1 saturated heterocycles. The van der Waals surface area contributed by atoms with Gasteiger partial charge < -0.3 is 14.8 Å². The van der Waals surface area contributed by atoms with E-state index in [1.807, 2.05) is 0 Å². The first-order valence-corrected chi connectivity index (χ1v) is 6.63. The third-order valence-corrected chi connectivity index (χ3v) is 3.14. The molecule has 0 bridgehead atoms. The van der Waals surface area contributed by atoms with E-state index >= 15 is 0 Å². The van der Waals surface area contributed by atoms with Gasteiger partial charge in [0.2, 0.25) is 0 Å². The zero-order valence-corrected chi connectivity index (χ0v) is 11.0. The smallest absolute Gasteiger partial charge is 0.0622 e. The van der Waals surface area contributed by atoms with Gasteiger partial charge in [0.15, 0.2) is 0 Å². The van der Waals surface area contributed by atoms with Crippen molar-refractivity contribution in [3.63, 3.8) is 0 Å². The molecule has 1 fully saturated rings. The topological polar surface area (TPSA) is 30.5 Å². The minimum atomic E-state index is 0.488. The molecule has 1 aliphatic heterocycles. The molecule has 3 nitrogen and oxygen atoms in total. The summed E-state index contributed by atoms with van der Waals surface area (Å²) >= 11 is 0. The predicted molar refractivity (Wildman–Crippen MR) is 66.7 cm³/mol. The lowest BCUT2D eigenvalue weighted by Gasteiger charge is -2.22. The van der Waals surface area contributed by atoms with Crippen molar-refractivity contribution in [1.29, 1.82) is 0 Å². The first kappa shape index (κ1) is 13.9. The van der Waals surface area contributed by atoms with Crippen LogP contribution >= 0.6 is 0 Å². The molecule has 1 rings (SSSR count). The van der Waals surface area contributed by atoms with E-state index in [-0.39, 0.29) is 0 Å². The highest BCUT2D eigenvalue weighted by atomic mass is 16.5. The Balaban J connectivity index is 2.10. The van der Waals surface area contributed by atoms with E-state index in [1.54, 1.807) is 0 Å². The van der Waals surface area contributed by atoms with Crippen LogP contribution in [0.3, 0.4) is 0 Å². The molecule has 96 valence electrons. The van der Waals surface area contributed by atoms with Gasteiger partial charge in [-0.2, -0.15) is 0 Å². The zero-order chi connectivity index (χ0) is 11.8. The Morgan fingerprint density at radius 3 is 2.81 bits per heavy atom. The largest absolute Gasteiger partial charge is 0.381 e. The summed E-state index contributed by atoms with van der Waals surface area (Å²) < 4.78 is 11.1. The van der Waals surface area contributed by atoms with Gasteiger partial charge >= 0.3 is 0 Å². The van der Waals surface area contributed by atoms with Crippen LogP contribution in [-0.4, -0.2) is 39.0 Å². The van der Waals surface area contributed by atoms with Crippen LogP contribution in [0.15, 0.2) is 0 Å². The molecule has 0 spiro atoms. The average molecular weight is 229 g/mol. The van der Waals surface area contributed by atoms with Crippen molar-refractivity contribution in [2.24, 2.45) is 11.8 Å². The number of hydrogen-bond donors (Lipinski definition) is 1. The van der Waals surface area contributed by atoms with E-state index in [2.05, 4.69) is 26.1 Å². The second-order valence-corrected chi connectivity index (χ2v) is 5.07. The molecule has 0 amide bonds. The summed E-state index contributed by atoms with van der Waals surface area (Å²) in [5.41, 5.74) is 0. The standard InChI is InChI=1S/C13H27NO2/c1-4-6-14-13(11(2)3)10-16-9-12-5-7-15-8-12/h11-14H,4-10H2,1-3H3. The van der Waals surface area contributed by atoms with Crippen LogP contribution in [0.5, 0.6) is 0 Å². The van der Waals surface area contributed by atoms with Gasteiger partial charge in [-0.25, -0.2) is 0 Å². The first-order valence-electron chi connectivity index (χ1n) is 6.63. The fraction of sp³-hybridized carbons (Fsp3) is 1.00. The lowest BCUT2D eigenvalue weighted by Crippen LogP contribution is -2.38. The molecule has 0 saturated carbocycles. The lowest BCUT2D eigenvalue weighted by molar-refractivity contribution is 0.0656. The Hall–Kier alpha value is -0.120. The van der Waals surface area contributed by atoms with Gasteiger partial charge in [0, 0.05) is 18.6 Å². The highest BCUT2D eigenvalue weighted by Crippen LogP contribution is 2.13. The highest BCUT2D eigenvalue weighted by molar-refractivity contribution is 4.70. The maximum absolute atomic E-state index is 5.80. The van der Waals surface area contributed by atoms with Gasteiger partial charge in [0.1, 0.15) is 0 Å². The predicted octanol–water partition coefficient (Wildman–Crippen LogP) is 2.06. The Kier molecular flexibility index (Phi) is 7.01. The molecule has 16 heavy (non-hydrogen) atoms. The van der Waals surface area contributed by atoms with Crippen LogP contribution in [0.2, 0.25) is 0 Å². The zero-order valence-electron chi connectivity index (χ0n) is 11.0. The van der Waals surface area contributed by atoms with Crippen molar-refractivity contribution in [2.75, 3.05) is 33.0 Å². The monoisotopic (exact) mass is 229 g/mol. The quantitative estimate of drug-likeness (QED) is 0.691. The molecule has 1 heterocycles. The molecule has 0 aliphatic carbocycles. The average Bonchev–Trinajstić information content (AvgIpc) is 2.75. The van der Waals surface area contributed by atoms with Gasteiger partial charge in [0.25, 0.3) is 0 Å². The van der Waals surface area contributed by atoms with Crippen LogP contribution < -0.4 is 5.32 Å². The summed E-state index contributed by atoms with van der Waals surface area (Å²) in [5.74, 6) is 1.25. The maximum atomic E-state index is 5.80. The fourth-order valence-corrected chi connectivity index (χ4v) is 1.89. The second-order valence-electron chi connectivity index (χ2n) is 5.07. The Morgan fingerprint density at radius 1 is 1.44 bits per heavy atom. The summed E-state index contributed by atoms with van der Waals surface area (Å²) in [5, 5.41) is 3.54. The molecule has 1 N–H and O–H groups in total. The minimum absolute atomic E-state index is 0.488. The number of rotatable bonds is 8. The Labute approximate surface area is 99.9 Å². The van der Waals surface area contributed by atoms with Crippen LogP contribution in [-0.2, 0) is 9.47 Å².